The van der Waals surface area contributed by atoms with Gasteiger partial charge in [-0.25, -0.2) is 9.97 Å². The van der Waals surface area contributed by atoms with Crippen molar-refractivity contribution in [1.29, 1.82) is 0 Å². The molecule has 1 unspecified atom stereocenters. The Kier molecular flexibility index (Phi) is 7.80. The van der Waals surface area contributed by atoms with Crippen LogP contribution in [0.2, 0.25) is 5.02 Å². The molecular weight excluding hydrogens is 581 g/mol. The third kappa shape index (κ3) is 6.06. The molecule has 2 N–H and O–H groups in total. The molecule has 4 heterocycles. The number of benzene rings is 2. The molecule has 0 spiro atoms. The van der Waals surface area contributed by atoms with E-state index in [9.17, 15) is 18.0 Å². The minimum Gasteiger partial charge on any atom is -0.355 e. The molecule has 0 saturated carbocycles. The number of rotatable bonds is 8. The second-order valence-corrected chi connectivity index (χ2v) is 10.9. The molecule has 9 nitrogen and oxygen atoms in total. The van der Waals surface area contributed by atoms with E-state index in [1.807, 2.05) is 18.2 Å². The molecule has 222 valence electrons. The highest BCUT2D eigenvalue weighted by Crippen LogP contribution is 2.37. The van der Waals surface area contributed by atoms with E-state index in [4.69, 9.17) is 11.6 Å². The van der Waals surface area contributed by atoms with Crippen LogP contribution in [-0.2, 0) is 19.3 Å². The van der Waals surface area contributed by atoms with Crippen molar-refractivity contribution in [1.82, 2.24) is 34.4 Å². The smallest absolute Gasteiger partial charge is 0.355 e. The highest BCUT2D eigenvalue weighted by atomic mass is 35.5. The molecule has 13 heteroatoms. The summed E-state index contributed by atoms with van der Waals surface area (Å²) in [5.41, 5.74) is 1.59. The summed E-state index contributed by atoms with van der Waals surface area (Å²) in [5, 5.41) is 9.85. The summed E-state index contributed by atoms with van der Waals surface area (Å²) in [4.78, 5) is 23.0. The van der Waals surface area contributed by atoms with Gasteiger partial charge in [0, 0.05) is 51.0 Å². The Balaban J connectivity index is 1.25. The number of nitrogens with one attached hydrogen (secondary N) is 2. The molecule has 1 amide bonds. The van der Waals surface area contributed by atoms with Gasteiger partial charge >= 0.3 is 6.18 Å². The number of alkyl halides is 3. The fraction of sp³-hybridized carbons (Fsp3) is 0.267. The molecule has 3 aromatic heterocycles. The van der Waals surface area contributed by atoms with Gasteiger partial charge in [-0.1, -0.05) is 41.9 Å². The van der Waals surface area contributed by atoms with Crippen LogP contribution in [0, 0.1) is 5.92 Å². The number of nitrogens with zero attached hydrogens (tertiary/aromatic N) is 6. The Labute approximate surface area is 250 Å². The molecule has 0 radical (unpaired) electrons. The first-order valence-corrected chi connectivity index (χ1v) is 14.1. The lowest BCUT2D eigenvalue weighted by atomic mass is 10.1. The Hall–Kier alpha value is -4.42. The summed E-state index contributed by atoms with van der Waals surface area (Å²) in [6.07, 6.45) is 2.10. The molecule has 0 bridgehead atoms. The third-order valence-electron chi connectivity index (χ3n) is 7.50. The molecule has 1 saturated heterocycles. The predicted molar refractivity (Wildman–Crippen MR) is 157 cm³/mol. The van der Waals surface area contributed by atoms with Crippen molar-refractivity contribution in [2.24, 2.45) is 5.92 Å². The summed E-state index contributed by atoms with van der Waals surface area (Å²) in [7, 11) is 1.51. The number of aromatic nitrogens is 5. The van der Waals surface area contributed by atoms with Gasteiger partial charge in [0.1, 0.15) is 0 Å². The van der Waals surface area contributed by atoms with Gasteiger partial charge in [-0.3, -0.25) is 18.8 Å². The number of likely N-dealkylation sites (tertiary alicyclic amines) is 1. The summed E-state index contributed by atoms with van der Waals surface area (Å²) in [6, 6.07) is 14.9. The Morgan fingerprint density at radius 1 is 1.14 bits per heavy atom. The number of carbonyl (C=O) groups is 1. The lowest BCUT2D eigenvalue weighted by molar-refractivity contribution is -0.141. The van der Waals surface area contributed by atoms with Gasteiger partial charge in [-0.15, -0.1) is 0 Å². The first-order chi connectivity index (χ1) is 20.7. The van der Waals surface area contributed by atoms with Crippen molar-refractivity contribution < 1.29 is 18.0 Å². The van der Waals surface area contributed by atoms with Crippen LogP contribution in [0.1, 0.15) is 28.0 Å². The van der Waals surface area contributed by atoms with E-state index in [2.05, 4.69) is 42.7 Å². The molecular formula is C30H28ClF3N8O. The molecule has 2 aromatic carbocycles. The number of hydrogen-bond acceptors (Lipinski definition) is 6. The number of amides is 1. The van der Waals surface area contributed by atoms with Crippen molar-refractivity contribution in [2.75, 3.05) is 25.5 Å². The minimum absolute atomic E-state index is 0.0609. The minimum atomic E-state index is -4.66. The highest BCUT2D eigenvalue weighted by molar-refractivity contribution is 6.34. The number of carbonyl (C=O) groups excluding carboxylic acids is 1. The zero-order valence-electron chi connectivity index (χ0n) is 23.1. The second-order valence-electron chi connectivity index (χ2n) is 10.5. The average molecular weight is 609 g/mol. The number of anilines is 2. The van der Waals surface area contributed by atoms with E-state index in [1.54, 1.807) is 28.8 Å². The van der Waals surface area contributed by atoms with E-state index < -0.39 is 11.9 Å². The van der Waals surface area contributed by atoms with Gasteiger partial charge in [0.05, 0.1) is 28.0 Å². The van der Waals surface area contributed by atoms with Crippen LogP contribution in [0.25, 0.3) is 16.9 Å². The van der Waals surface area contributed by atoms with Gasteiger partial charge in [0.2, 0.25) is 0 Å². The van der Waals surface area contributed by atoms with Crippen LogP contribution < -0.4 is 10.6 Å². The first kappa shape index (κ1) is 28.7. The number of halogens is 4. The van der Waals surface area contributed by atoms with Crippen molar-refractivity contribution in [3.8, 4) is 11.3 Å². The summed E-state index contributed by atoms with van der Waals surface area (Å²) in [5.74, 6) is 0.164. The van der Waals surface area contributed by atoms with E-state index in [1.165, 1.54) is 35.9 Å². The SMILES string of the molecule is CNC(=O)c1ccc(Nc2nccn3c(-c4cn(CC5CCN(Cc6ccccc6)C5)nc4C(F)(F)F)cnc23)cc1Cl. The molecule has 6 rings (SSSR count). The molecule has 1 aliphatic heterocycles. The maximum absolute atomic E-state index is 14.2. The summed E-state index contributed by atoms with van der Waals surface area (Å²) < 4.78 is 45.6. The van der Waals surface area contributed by atoms with E-state index in [0.29, 0.717) is 29.3 Å². The van der Waals surface area contributed by atoms with Gasteiger partial charge in [-0.2, -0.15) is 18.3 Å². The van der Waals surface area contributed by atoms with E-state index in [0.717, 1.165) is 26.1 Å². The Morgan fingerprint density at radius 2 is 1.95 bits per heavy atom. The average Bonchev–Trinajstić information content (AvgIpc) is 3.72. The lowest BCUT2D eigenvalue weighted by Crippen LogP contribution is -2.21. The summed E-state index contributed by atoms with van der Waals surface area (Å²) >= 11 is 6.28. The summed E-state index contributed by atoms with van der Waals surface area (Å²) in [6.45, 7) is 2.86. The molecule has 1 atom stereocenters. The predicted octanol–water partition coefficient (Wildman–Crippen LogP) is 5.89. The molecule has 1 fully saturated rings. The Bertz CT molecular complexity index is 1770. The zero-order valence-corrected chi connectivity index (χ0v) is 23.9. The van der Waals surface area contributed by atoms with Crippen molar-refractivity contribution in [2.45, 2.75) is 25.7 Å². The largest absolute Gasteiger partial charge is 0.435 e. The standard InChI is InChI=1S/C30H28ClF3N8O/c1-35-29(43)22-8-7-21(13-24(22)31)38-27-28-37-14-25(42(28)12-10-36-27)23-18-41(39-26(23)30(32,33)34)17-20-9-11-40(16-20)15-19-5-3-2-4-6-19/h2-8,10,12-14,18,20H,9,11,15-17H2,1H3,(H,35,43)(H,36,38). The van der Waals surface area contributed by atoms with Crippen LogP contribution in [0.4, 0.5) is 24.7 Å². The normalized spacial score (nSPS) is 15.7. The lowest BCUT2D eigenvalue weighted by Gasteiger charge is -2.16. The number of hydrogen-bond donors (Lipinski definition) is 2. The van der Waals surface area contributed by atoms with Crippen LogP contribution >= 0.6 is 11.6 Å². The number of imidazole rings is 1. The van der Waals surface area contributed by atoms with E-state index >= 15 is 0 Å². The maximum atomic E-state index is 14.2. The third-order valence-corrected chi connectivity index (χ3v) is 7.81. The quantitative estimate of drug-likeness (QED) is 0.228. The second kappa shape index (κ2) is 11.7. The zero-order chi connectivity index (χ0) is 30.1. The van der Waals surface area contributed by atoms with Gasteiger partial charge < -0.3 is 10.6 Å². The number of fused-ring (bicyclic) bond motifs is 1. The maximum Gasteiger partial charge on any atom is 0.435 e. The Morgan fingerprint density at radius 3 is 2.70 bits per heavy atom. The van der Waals surface area contributed by atoms with Crippen LogP contribution in [-0.4, -0.2) is 55.1 Å². The highest BCUT2D eigenvalue weighted by Gasteiger charge is 2.39. The fourth-order valence-electron chi connectivity index (χ4n) is 5.48. The molecule has 0 aliphatic carbocycles. The van der Waals surface area contributed by atoms with Gasteiger partial charge in [0.15, 0.2) is 17.2 Å². The van der Waals surface area contributed by atoms with Gasteiger partial charge in [0.25, 0.3) is 5.91 Å². The van der Waals surface area contributed by atoms with Crippen LogP contribution in [0.15, 0.2) is 73.3 Å². The van der Waals surface area contributed by atoms with Crippen molar-refractivity contribution >= 4 is 34.7 Å². The van der Waals surface area contributed by atoms with Crippen molar-refractivity contribution in [3.63, 3.8) is 0 Å². The van der Waals surface area contributed by atoms with Crippen LogP contribution in [0.5, 0.6) is 0 Å². The van der Waals surface area contributed by atoms with Crippen LogP contribution in [0.3, 0.4) is 0 Å². The van der Waals surface area contributed by atoms with E-state index in [-0.39, 0.29) is 28.1 Å². The molecule has 43 heavy (non-hydrogen) atoms. The molecule has 5 aromatic rings. The molecule has 1 aliphatic rings. The first-order valence-electron chi connectivity index (χ1n) is 13.7. The van der Waals surface area contributed by atoms with Crippen molar-refractivity contribution in [3.05, 3.63) is 95.2 Å². The fourth-order valence-corrected chi connectivity index (χ4v) is 5.74. The topological polar surface area (TPSA) is 92.4 Å². The van der Waals surface area contributed by atoms with Gasteiger partial charge in [-0.05, 0) is 42.6 Å². The monoisotopic (exact) mass is 608 g/mol.